The number of ether oxygens (including phenoxy) is 1. The molecule has 0 saturated carbocycles. The first-order valence-corrected chi connectivity index (χ1v) is 12.7. The van der Waals surface area contributed by atoms with Gasteiger partial charge in [-0.3, -0.25) is 9.52 Å². The molecule has 4 rings (SSSR count). The second-order valence-corrected chi connectivity index (χ2v) is 9.96. The number of amides is 1. The van der Waals surface area contributed by atoms with Crippen molar-refractivity contribution in [3.63, 3.8) is 0 Å². The molecule has 0 aliphatic rings. The van der Waals surface area contributed by atoms with Gasteiger partial charge in [-0.25, -0.2) is 8.42 Å². The molecular weight excluding hydrogens is 523 g/mol. The fraction of sp³-hybridized carbons (Fsp3) is 0.154. The van der Waals surface area contributed by atoms with E-state index in [4.69, 9.17) is 9.26 Å². The molecule has 3 aromatic carbocycles. The highest BCUT2D eigenvalue weighted by atomic mass is 32.2. The van der Waals surface area contributed by atoms with Crippen molar-refractivity contribution >= 4 is 27.3 Å². The molecule has 1 amide bonds. The minimum absolute atomic E-state index is 0.192. The number of nitrogens with one attached hydrogen (secondary N) is 2. The molecule has 0 saturated heterocycles. The lowest BCUT2D eigenvalue weighted by Gasteiger charge is -2.12. The van der Waals surface area contributed by atoms with Gasteiger partial charge >= 0.3 is 6.18 Å². The van der Waals surface area contributed by atoms with Crippen LogP contribution < -0.4 is 14.8 Å². The van der Waals surface area contributed by atoms with Crippen LogP contribution in [0, 0.1) is 13.8 Å². The number of carbonyl (C=O) groups excluding carboxylic acids is 1. The monoisotopic (exact) mass is 545 g/mol. The fourth-order valence-electron chi connectivity index (χ4n) is 3.48. The Hall–Kier alpha value is -4.32. The van der Waals surface area contributed by atoms with Crippen LogP contribution in [-0.2, 0) is 22.8 Å². The summed E-state index contributed by atoms with van der Waals surface area (Å²) in [6, 6.07) is 15.6. The third-order valence-electron chi connectivity index (χ3n) is 5.53. The lowest BCUT2D eigenvalue weighted by atomic mass is 10.2. The largest absolute Gasteiger partial charge is 0.489 e. The number of nitrogens with zero attached hydrogens (tertiary/aromatic N) is 1. The predicted octanol–water partition coefficient (Wildman–Crippen LogP) is 5.94. The van der Waals surface area contributed by atoms with Gasteiger partial charge in [0.15, 0.2) is 0 Å². The minimum atomic E-state index is -4.61. The van der Waals surface area contributed by atoms with E-state index in [1.54, 1.807) is 38.1 Å². The normalized spacial score (nSPS) is 11.7. The number of rotatable bonds is 8. The van der Waals surface area contributed by atoms with Gasteiger partial charge < -0.3 is 14.6 Å². The molecule has 0 fully saturated rings. The summed E-state index contributed by atoms with van der Waals surface area (Å²) in [7, 11) is -4.17. The molecule has 0 radical (unpaired) electrons. The molecule has 0 bridgehead atoms. The Balaban J connectivity index is 1.41. The summed E-state index contributed by atoms with van der Waals surface area (Å²) in [5, 5.41) is 6.54. The topological polar surface area (TPSA) is 111 Å². The zero-order chi connectivity index (χ0) is 27.5. The highest BCUT2D eigenvalue weighted by molar-refractivity contribution is 7.92. The van der Waals surface area contributed by atoms with Gasteiger partial charge in [-0.15, -0.1) is 0 Å². The number of hydrogen-bond acceptors (Lipinski definition) is 6. The van der Waals surface area contributed by atoms with Gasteiger partial charge in [0.25, 0.3) is 15.9 Å². The average Bonchev–Trinajstić information content (AvgIpc) is 3.19. The smallest absolute Gasteiger partial charge is 0.416 e. The van der Waals surface area contributed by atoms with Crippen LogP contribution >= 0.6 is 0 Å². The Morgan fingerprint density at radius 3 is 2.34 bits per heavy atom. The van der Waals surface area contributed by atoms with E-state index in [9.17, 15) is 26.4 Å². The van der Waals surface area contributed by atoms with Gasteiger partial charge in [-0.05, 0) is 74.5 Å². The number of aromatic nitrogens is 1. The standard InChI is InChI=1S/C26H22F3N3O5S/c1-16-24(17(2)37-31-16)15-36-22-8-3-5-18(13-22)25(33)30-20-9-11-23(12-10-20)38(34,35)32-21-7-4-6-19(14-21)26(27,28)29/h3-14,32H,15H2,1-2H3,(H,30,33). The lowest BCUT2D eigenvalue weighted by Crippen LogP contribution is -2.15. The second-order valence-electron chi connectivity index (χ2n) is 8.28. The van der Waals surface area contributed by atoms with Crippen LogP contribution in [0.15, 0.2) is 82.2 Å². The molecule has 0 aliphatic heterocycles. The van der Waals surface area contributed by atoms with E-state index >= 15 is 0 Å². The summed E-state index contributed by atoms with van der Waals surface area (Å²) in [4.78, 5) is 12.5. The van der Waals surface area contributed by atoms with Crippen molar-refractivity contribution < 1.29 is 35.6 Å². The molecule has 1 heterocycles. The minimum Gasteiger partial charge on any atom is -0.489 e. The molecule has 198 valence electrons. The van der Waals surface area contributed by atoms with E-state index in [0.717, 1.165) is 17.7 Å². The van der Waals surface area contributed by atoms with Crippen LogP contribution in [-0.4, -0.2) is 19.5 Å². The summed E-state index contributed by atoms with van der Waals surface area (Å²) in [6.45, 7) is 3.80. The Morgan fingerprint density at radius 2 is 1.68 bits per heavy atom. The van der Waals surface area contributed by atoms with Crippen molar-refractivity contribution in [2.45, 2.75) is 31.5 Å². The third-order valence-corrected chi connectivity index (χ3v) is 6.92. The number of halogens is 3. The average molecular weight is 546 g/mol. The molecule has 8 nitrogen and oxygen atoms in total. The maximum absolute atomic E-state index is 12.9. The Labute approximate surface area is 216 Å². The molecule has 0 unspecified atom stereocenters. The number of carbonyl (C=O) groups is 1. The van der Waals surface area contributed by atoms with Crippen LogP contribution in [0.1, 0.15) is 32.9 Å². The van der Waals surface area contributed by atoms with Gasteiger partial charge in [0.2, 0.25) is 0 Å². The quantitative estimate of drug-likeness (QED) is 0.284. The molecule has 0 aliphatic carbocycles. The van der Waals surface area contributed by atoms with Crippen molar-refractivity contribution in [1.82, 2.24) is 5.16 Å². The van der Waals surface area contributed by atoms with Crippen molar-refractivity contribution in [2.24, 2.45) is 0 Å². The molecule has 0 spiro atoms. The first-order chi connectivity index (χ1) is 17.9. The number of anilines is 2. The highest BCUT2D eigenvalue weighted by Crippen LogP contribution is 2.31. The highest BCUT2D eigenvalue weighted by Gasteiger charge is 2.30. The zero-order valence-corrected chi connectivity index (χ0v) is 21.0. The van der Waals surface area contributed by atoms with Crippen molar-refractivity contribution in [2.75, 3.05) is 10.0 Å². The maximum atomic E-state index is 12.9. The van der Waals surface area contributed by atoms with Gasteiger partial charge in [-0.2, -0.15) is 13.2 Å². The second kappa shape index (κ2) is 10.6. The van der Waals surface area contributed by atoms with Gasteiger partial charge in [0.05, 0.1) is 21.7 Å². The van der Waals surface area contributed by atoms with Crippen molar-refractivity contribution in [3.8, 4) is 5.75 Å². The number of sulfonamides is 1. The van der Waals surface area contributed by atoms with Gasteiger partial charge in [0, 0.05) is 16.9 Å². The predicted molar refractivity (Wildman–Crippen MR) is 133 cm³/mol. The Bertz CT molecular complexity index is 1550. The van der Waals surface area contributed by atoms with Crippen LogP contribution in [0.5, 0.6) is 5.75 Å². The Kier molecular flexibility index (Phi) is 7.44. The van der Waals surface area contributed by atoms with Crippen LogP contribution in [0.3, 0.4) is 0 Å². The van der Waals surface area contributed by atoms with E-state index < -0.39 is 27.7 Å². The fourth-order valence-corrected chi connectivity index (χ4v) is 4.53. The van der Waals surface area contributed by atoms with Crippen LogP contribution in [0.2, 0.25) is 0 Å². The first kappa shape index (κ1) is 26.7. The van der Waals surface area contributed by atoms with Crippen LogP contribution in [0.25, 0.3) is 0 Å². The number of alkyl halides is 3. The summed E-state index contributed by atoms with van der Waals surface area (Å²) in [5.74, 6) is 0.650. The van der Waals surface area contributed by atoms with Crippen molar-refractivity contribution in [1.29, 1.82) is 0 Å². The van der Waals surface area contributed by atoms with Gasteiger partial charge in [-0.1, -0.05) is 17.3 Å². The lowest BCUT2D eigenvalue weighted by molar-refractivity contribution is -0.137. The number of hydrogen-bond donors (Lipinski definition) is 2. The molecule has 12 heteroatoms. The summed E-state index contributed by atoms with van der Waals surface area (Å²) >= 11 is 0. The molecule has 1 aromatic heterocycles. The van der Waals surface area contributed by atoms with E-state index in [2.05, 4.69) is 15.2 Å². The first-order valence-electron chi connectivity index (χ1n) is 11.2. The van der Waals surface area contributed by atoms with E-state index in [1.165, 1.54) is 30.3 Å². The number of aryl methyl sites for hydroxylation is 2. The summed E-state index contributed by atoms with van der Waals surface area (Å²) < 4.78 is 77.0. The molecule has 4 aromatic rings. The molecular formula is C26H22F3N3O5S. The third kappa shape index (κ3) is 6.32. The van der Waals surface area contributed by atoms with Crippen LogP contribution in [0.4, 0.5) is 24.5 Å². The molecule has 0 atom stereocenters. The van der Waals surface area contributed by atoms with E-state index in [-0.39, 0.29) is 17.2 Å². The maximum Gasteiger partial charge on any atom is 0.416 e. The molecule has 2 N–H and O–H groups in total. The number of benzene rings is 3. The summed E-state index contributed by atoms with van der Waals surface area (Å²) in [5.41, 5.74) is 0.950. The van der Waals surface area contributed by atoms with E-state index in [0.29, 0.717) is 34.5 Å². The zero-order valence-electron chi connectivity index (χ0n) is 20.2. The van der Waals surface area contributed by atoms with E-state index in [1.807, 2.05) is 0 Å². The molecule has 38 heavy (non-hydrogen) atoms. The summed E-state index contributed by atoms with van der Waals surface area (Å²) in [6.07, 6.45) is -4.61. The SMILES string of the molecule is Cc1noc(C)c1COc1cccc(C(=O)Nc2ccc(S(=O)(=O)Nc3cccc(C(F)(F)F)c3)cc2)c1. The Morgan fingerprint density at radius 1 is 0.974 bits per heavy atom. The van der Waals surface area contributed by atoms with Gasteiger partial charge in [0.1, 0.15) is 18.1 Å². The van der Waals surface area contributed by atoms with Crippen molar-refractivity contribution in [3.05, 3.63) is 101 Å².